The molecule has 2 aromatic carbocycles. The van der Waals surface area contributed by atoms with Gasteiger partial charge >= 0.3 is 0 Å². The van der Waals surface area contributed by atoms with Crippen molar-refractivity contribution in [3.05, 3.63) is 70.2 Å². The Labute approximate surface area is 252 Å². The molecule has 1 heterocycles. The van der Waals surface area contributed by atoms with Crippen molar-refractivity contribution in [3.8, 4) is 11.5 Å². The molecular weight excluding hydrogens is 550 g/mol. The number of carbonyl (C=O) groups excluding carboxylic acids is 1. The first kappa shape index (κ1) is 30.3. The zero-order valence-corrected chi connectivity index (χ0v) is 25.8. The number of thiazole rings is 1. The Morgan fingerprint density at radius 2 is 1.86 bits per heavy atom. The zero-order chi connectivity index (χ0) is 29.9. The van der Waals surface area contributed by atoms with Gasteiger partial charge in [-0.15, -0.1) is 11.3 Å². The molecule has 5 atom stereocenters. The molecule has 1 aromatic heterocycles. The third-order valence-corrected chi connectivity index (χ3v) is 10.8. The Bertz CT molecular complexity index is 1380. The molecule has 0 spiro atoms. The topological polar surface area (TPSA) is 113 Å². The zero-order valence-electron chi connectivity index (χ0n) is 25.0. The second-order valence-corrected chi connectivity index (χ2v) is 13.3. The lowest BCUT2D eigenvalue weighted by Crippen LogP contribution is -2.57. The number of anilines is 1. The van der Waals surface area contributed by atoms with Gasteiger partial charge in [-0.05, 0) is 60.3 Å². The summed E-state index contributed by atoms with van der Waals surface area (Å²) >= 11 is 1.63. The second kappa shape index (κ2) is 12.6. The standard InChI is InChI=1S/C33H43N3O5S/c1-32-14-12-28(38)33(2,20-37)27(32)18-26-30(36-31(42-26)35-19-22-8-6-5-7-9-22)23(32)17-29(39)34-15-13-21-10-11-24(40-3)25(16-21)41-4/h5-11,16,23,27-28,37-38H,12-15,17-20H2,1-4H3,(H,34,39)(H,35,36)/t23-,27+,28-,32+,33+/m1/s1. The molecule has 42 heavy (non-hydrogen) atoms. The van der Waals surface area contributed by atoms with Crippen LogP contribution in [-0.2, 0) is 24.2 Å². The Balaban J connectivity index is 1.35. The van der Waals surface area contributed by atoms with Crippen molar-refractivity contribution in [2.24, 2.45) is 16.7 Å². The first-order valence-corrected chi connectivity index (χ1v) is 15.6. The number of ether oxygens (including phenoxy) is 2. The van der Waals surface area contributed by atoms with Gasteiger partial charge < -0.3 is 30.3 Å². The summed E-state index contributed by atoms with van der Waals surface area (Å²) in [7, 11) is 3.23. The number of aliphatic hydroxyl groups is 2. The summed E-state index contributed by atoms with van der Waals surface area (Å²) in [5.74, 6) is 1.24. The monoisotopic (exact) mass is 593 g/mol. The summed E-state index contributed by atoms with van der Waals surface area (Å²) < 4.78 is 10.8. The van der Waals surface area contributed by atoms with E-state index in [2.05, 4.69) is 29.7 Å². The minimum absolute atomic E-state index is 0.0167. The average molecular weight is 594 g/mol. The molecular formula is C33H43N3O5S. The van der Waals surface area contributed by atoms with E-state index < -0.39 is 11.5 Å². The molecule has 2 aliphatic rings. The lowest BCUT2D eigenvalue weighted by molar-refractivity contribution is -0.144. The fourth-order valence-electron chi connectivity index (χ4n) is 7.13. The van der Waals surface area contributed by atoms with Crippen LogP contribution in [0.25, 0.3) is 0 Å². The number of hydrogen-bond donors (Lipinski definition) is 4. The molecule has 2 aliphatic carbocycles. The van der Waals surface area contributed by atoms with Crippen LogP contribution in [0.2, 0.25) is 0 Å². The van der Waals surface area contributed by atoms with Crippen LogP contribution in [0.3, 0.4) is 0 Å². The number of aliphatic hydroxyl groups excluding tert-OH is 2. The van der Waals surface area contributed by atoms with Crippen LogP contribution in [0.5, 0.6) is 11.5 Å². The summed E-state index contributed by atoms with van der Waals surface area (Å²) in [4.78, 5) is 19.7. The van der Waals surface area contributed by atoms with E-state index in [1.165, 1.54) is 5.56 Å². The van der Waals surface area contributed by atoms with Gasteiger partial charge in [0.2, 0.25) is 5.91 Å². The van der Waals surface area contributed by atoms with Crippen LogP contribution in [0.1, 0.15) is 60.7 Å². The molecule has 0 saturated heterocycles. The Kier molecular flexibility index (Phi) is 9.11. The van der Waals surface area contributed by atoms with Crippen molar-refractivity contribution in [2.75, 3.05) is 32.7 Å². The van der Waals surface area contributed by atoms with Crippen molar-refractivity contribution >= 4 is 22.4 Å². The number of nitrogens with one attached hydrogen (secondary N) is 2. The predicted octanol–water partition coefficient (Wildman–Crippen LogP) is 4.94. The third kappa shape index (κ3) is 5.87. The number of aromatic nitrogens is 1. The molecule has 8 nitrogen and oxygen atoms in total. The van der Waals surface area contributed by atoms with E-state index in [9.17, 15) is 15.0 Å². The van der Waals surface area contributed by atoms with Gasteiger partial charge in [-0.1, -0.05) is 50.2 Å². The summed E-state index contributed by atoms with van der Waals surface area (Å²) in [6.45, 7) is 5.31. The van der Waals surface area contributed by atoms with Gasteiger partial charge in [-0.2, -0.15) is 0 Å². The fourth-order valence-corrected chi connectivity index (χ4v) is 8.20. The highest BCUT2D eigenvalue weighted by atomic mass is 32.1. The minimum Gasteiger partial charge on any atom is -0.493 e. The first-order valence-electron chi connectivity index (χ1n) is 14.8. The number of carbonyl (C=O) groups is 1. The highest BCUT2D eigenvalue weighted by Crippen LogP contribution is 2.62. The Morgan fingerprint density at radius 1 is 1.10 bits per heavy atom. The van der Waals surface area contributed by atoms with Crippen molar-refractivity contribution < 1.29 is 24.5 Å². The number of hydrogen-bond acceptors (Lipinski definition) is 8. The molecule has 1 fully saturated rings. The third-order valence-electron chi connectivity index (χ3n) is 9.75. The molecule has 0 unspecified atom stereocenters. The van der Waals surface area contributed by atoms with Crippen LogP contribution in [0, 0.1) is 16.7 Å². The van der Waals surface area contributed by atoms with Crippen molar-refractivity contribution in [1.82, 2.24) is 10.3 Å². The van der Waals surface area contributed by atoms with Crippen molar-refractivity contribution in [1.29, 1.82) is 0 Å². The average Bonchev–Trinajstić information content (AvgIpc) is 3.42. The van der Waals surface area contributed by atoms with Gasteiger partial charge in [0.15, 0.2) is 16.6 Å². The minimum atomic E-state index is -0.644. The maximum absolute atomic E-state index is 13.5. The Morgan fingerprint density at radius 3 is 2.57 bits per heavy atom. The van der Waals surface area contributed by atoms with Crippen LogP contribution >= 0.6 is 11.3 Å². The SMILES string of the molecule is COc1ccc(CCNC(=O)C[C@@H]2c3nc(NCc4ccccc4)sc3C[C@@H]3[C@](C)(CO)[C@H](O)CC[C@]32C)cc1OC. The summed E-state index contributed by atoms with van der Waals surface area (Å²) in [6, 6.07) is 16.0. The predicted molar refractivity (Wildman–Crippen MR) is 165 cm³/mol. The lowest BCUT2D eigenvalue weighted by atomic mass is 9.47. The number of benzene rings is 2. The van der Waals surface area contributed by atoms with E-state index in [0.29, 0.717) is 43.9 Å². The fraction of sp³-hybridized carbons (Fsp3) is 0.515. The van der Waals surface area contributed by atoms with E-state index in [0.717, 1.165) is 34.1 Å². The van der Waals surface area contributed by atoms with Gasteiger partial charge in [-0.3, -0.25) is 4.79 Å². The second-order valence-electron chi connectivity index (χ2n) is 12.2. The Hall–Kier alpha value is -3.14. The van der Waals surface area contributed by atoms with E-state index in [-0.39, 0.29) is 29.8 Å². The number of methoxy groups -OCH3 is 2. The molecule has 9 heteroatoms. The maximum atomic E-state index is 13.5. The van der Waals surface area contributed by atoms with Crippen LogP contribution in [-0.4, -0.2) is 54.6 Å². The lowest BCUT2D eigenvalue weighted by Gasteiger charge is -2.58. The van der Waals surface area contributed by atoms with Gasteiger partial charge in [0.25, 0.3) is 0 Å². The van der Waals surface area contributed by atoms with E-state index in [1.807, 2.05) is 43.3 Å². The molecule has 0 radical (unpaired) electrons. The van der Waals surface area contributed by atoms with Crippen molar-refractivity contribution in [3.63, 3.8) is 0 Å². The molecule has 5 rings (SSSR count). The largest absolute Gasteiger partial charge is 0.493 e. The highest BCUT2D eigenvalue weighted by Gasteiger charge is 2.59. The summed E-state index contributed by atoms with van der Waals surface area (Å²) in [5, 5.41) is 29.0. The number of fused-ring (bicyclic) bond motifs is 2. The molecule has 3 aromatic rings. The molecule has 226 valence electrons. The van der Waals surface area contributed by atoms with E-state index in [1.54, 1.807) is 25.6 Å². The molecule has 0 aliphatic heterocycles. The van der Waals surface area contributed by atoms with Crippen molar-refractivity contribution in [2.45, 2.75) is 64.5 Å². The molecule has 1 saturated carbocycles. The van der Waals surface area contributed by atoms with Gasteiger partial charge in [0, 0.05) is 35.7 Å². The van der Waals surface area contributed by atoms with Gasteiger partial charge in [0.1, 0.15) is 0 Å². The number of nitrogens with zero attached hydrogens (tertiary/aromatic N) is 1. The van der Waals surface area contributed by atoms with Gasteiger partial charge in [-0.25, -0.2) is 4.98 Å². The van der Waals surface area contributed by atoms with Crippen LogP contribution < -0.4 is 20.1 Å². The smallest absolute Gasteiger partial charge is 0.220 e. The maximum Gasteiger partial charge on any atom is 0.220 e. The van der Waals surface area contributed by atoms with Crippen LogP contribution in [0.15, 0.2) is 48.5 Å². The first-order chi connectivity index (χ1) is 20.2. The highest BCUT2D eigenvalue weighted by molar-refractivity contribution is 7.15. The van der Waals surface area contributed by atoms with Gasteiger partial charge in [0.05, 0.1) is 32.6 Å². The van der Waals surface area contributed by atoms with E-state index in [4.69, 9.17) is 14.5 Å². The quantitative estimate of drug-likeness (QED) is 0.249. The molecule has 4 N–H and O–H groups in total. The molecule has 0 bridgehead atoms. The van der Waals surface area contributed by atoms with E-state index >= 15 is 0 Å². The summed E-state index contributed by atoms with van der Waals surface area (Å²) in [5.41, 5.74) is 2.28. The van der Waals surface area contributed by atoms with Crippen LogP contribution in [0.4, 0.5) is 5.13 Å². The normalized spacial score (nSPS) is 26.6. The number of amides is 1. The summed E-state index contributed by atoms with van der Waals surface area (Å²) in [6.07, 6.45) is 2.51. The number of rotatable bonds is 11. The molecule has 1 amide bonds.